The molecule has 1 amide bonds. The zero-order valence-corrected chi connectivity index (χ0v) is 19.0. The summed E-state index contributed by atoms with van der Waals surface area (Å²) in [6.45, 7) is 7.03. The Kier molecular flexibility index (Phi) is 7.24. The fourth-order valence-electron chi connectivity index (χ4n) is 5.17. The first kappa shape index (κ1) is 21.1. The van der Waals surface area contributed by atoms with Crippen LogP contribution in [-0.4, -0.2) is 98.6 Å². The number of guanidine groups is 1. The molecule has 8 heteroatoms. The van der Waals surface area contributed by atoms with Crippen molar-refractivity contribution in [2.75, 3.05) is 59.9 Å². The topological polar surface area (TPSA) is 63.2 Å². The van der Waals surface area contributed by atoms with E-state index in [4.69, 9.17) is 0 Å². The van der Waals surface area contributed by atoms with Crippen molar-refractivity contribution in [2.24, 2.45) is 16.8 Å². The summed E-state index contributed by atoms with van der Waals surface area (Å²) >= 11 is 0. The summed E-state index contributed by atoms with van der Waals surface area (Å²) in [7, 11) is 3.57. The second-order valence-electron chi connectivity index (χ2n) is 8.75. The van der Waals surface area contributed by atoms with Crippen LogP contribution in [0.25, 0.3) is 0 Å². The molecule has 2 saturated carbocycles. The fraction of sp³-hybridized carbons (Fsp3) is 0.895. The molecular weight excluding hydrogens is 455 g/mol. The number of halogens is 1. The number of likely N-dealkylation sites (N-methyl/N-ethyl adjacent to an activating group) is 1. The highest BCUT2D eigenvalue weighted by atomic mass is 127. The van der Waals surface area contributed by atoms with Crippen molar-refractivity contribution in [1.82, 2.24) is 25.3 Å². The highest BCUT2D eigenvalue weighted by Crippen LogP contribution is 2.44. The summed E-state index contributed by atoms with van der Waals surface area (Å²) in [5.41, 5.74) is 0. The molecule has 3 saturated heterocycles. The van der Waals surface area contributed by atoms with Crippen LogP contribution in [0.3, 0.4) is 0 Å². The van der Waals surface area contributed by atoms with Crippen molar-refractivity contribution in [3.8, 4) is 0 Å². The minimum absolute atomic E-state index is 0. The molecule has 0 aromatic heterocycles. The van der Waals surface area contributed by atoms with E-state index in [1.165, 1.54) is 51.9 Å². The van der Waals surface area contributed by atoms with Gasteiger partial charge >= 0.3 is 0 Å². The van der Waals surface area contributed by atoms with Gasteiger partial charge in [0.2, 0.25) is 5.91 Å². The molecule has 4 atom stereocenters. The largest absolute Gasteiger partial charge is 0.355 e. The summed E-state index contributed by atoms with van der Waals surface area (Å²) in [5, 5.41) is 7.22. The zero-order chi connectivity index (χ0) is 18.1. The van der Waals surface area contributed by atoms with Crippen LogP contribution in [0.2, 0.25) is 0 Å². The van der Waals surface area contributed by atoms with Crippen molar-refractivity contribution in [3.05, 3.63) is 0 Å². The van der Waals surface area contributed by atoms with Gasteiger partial charge in [0, 0.05) is 65.4 Å². The Balaban J connectivity index is 0.00000210. The smallest absolute Gasteiger partial charge is 0.243 e. The number of amides is 1. The number of piperazine rings is 3. The van der Waals surface area contributed by atoms with E-state index in [0.29, 0.717) is 12.1 Å². The van der Waals surface area contributed by atoms with Crippen molar-refractivity contribution < 1.29 is 4.79 Å². The number of carbonyl (C=O) groups is 1. The van der Waals surface area contributed by atoms with E-state index in [1.54, 1.807) is 19.0 Å². The Hall–Kier alpha value is -0.610. The molecule has 5 aliphatic rings. The first-order valence-electron chi connectivity index (χ1n) is 10.3. The molecule has 3 aliphatic heterocycles. The van der Waals surface area contributed by atoms with E-state index >= 15 is 0 Å². The molecule has 5 fully saturated rings. The van der Waals surface area contributed by atoms with Crippen molar-refractivity contribution in [2.45, 2.75) is 37.8 Å². The highest BCUT2D eigenvalue weighted by molar-refractivity contribution is 14.0. The number of aliphatic imine (C=N–C) groups is 1. The van der Waals surface area contributed by atoms with E-state index in [1.807, 2.05) is 0 Å². The van der Waals surface area contributed by atoms with Gasteiger partial charge in [0.25, 0.3) is 0 Å². The van der Waals surface area contributed by atoms with Crippen LogP contribution in [-0.2, 0) is 4.79 Å². The summed E-state index contributed by atoms with van der Waals surface area (Å²) in [4.78, 5) is 23.3. The molecule has 0 aromatic rings. The average molecular weight is 490 g/mol. The van der Waals surface area contributed by atoms with E-state index in [9.17, 15) is 4.79 Å². The number of rotatable bonds is 5. The van der Waals surface area contributed by atoms with Crippen molar-refractivity contribution in [1.29, 1.82) is 0 Å². The van der Waals surface area contributed by atoms with Crippen LogP contribution >= 0.6 is 24.0 Å². The molecule has 154 valence electrons. The van der Waals surface area contributed by atoms with Gasteiger partial charge in [0.05, 0.1) is 0 Å². The second-order valence-corrected chi connectivity index (χ2v) is 8.75. The molecular formula is C19H35IN6O. The Bertz CT molecular complexity index is 548. The molecule has 4 bridgehead atoms. The van der Waals surface area contributed by atoms with Crippen LogP contribution in [0.1, 0.15) is 25.7 Å². The van der Waals surface area contributed by atoms with Gasteiger partial charge in [-0.15, -0.1) is 24.0 Å². The molecule has 2 N–H and O–H groups in total. The zero-order valence-electron chi connectivity index (χ0n) is 16.7. The number of nitrogens with one attached hydrogen (secondary N) is 2. The van der Waals surface area contributed by atoms with Gasteiger partial charge in [-0.05, 0) is 31.1 Å². The lowest BCUT2D eigenvalue weighted by molar-refractivity contribution is -0.127. The average Bonchev–Trinajstić information content (AvgIpc) is 3.27. The number of fused-ring (bicyclic) bond motifs is 5. The van der Waals surface area contributed by atoms with Gasteiger partial charge in [-0.25, -0.2) is 4.99 Å². The standard InChI is InChI=1S/C19H34N6O.HI/c1-23(2)18(26)12-21-19(22-17-10-14-3-4-15(17)9-14)20-11-16-13-24-5-7-25(16)8-6-24;/h14-17H,3-13H2,1-2H3,(H2,20,21,22);1H. The third-order valence-corrected chi connectivity index (χ3v) is 6.83. The van der Waals surface area contributed by atoms with E-state index < -0.39 is 0 Å². The lowest BCUT2D eigenvalue weighted by Crippen LogP contribution is -2.64. The summed E-state index contributed by atoms with van der Waals surface area (Å²) < 4.78 is 0. The number of hydrogen-bond donors (Lipinski definition) is 2. The predicted molar refractivity (Wildman–Crippen MR) is 119 cm³/mol. The first-order chi connectivity index (χ1) is 12.6. The molecule has 2 aliphatic carbocycles. The Labute approximate surface area is 180 Å². The third kappa shape index (κ3) is 5.06. The van der Waals surface area contributed by atoms with Gasteiger partial charge in [0.1, 0.15) is 6.54 Å². The monoisotopic (exact) mass is 490 g/mol. The van der Waals surface area contributed by atoms with E-state index in [0.717, 1.165) is 30.9 Å². The number of hydrogen-bond acceptors (Lipinski definition) is 4. The lowest BCUT2D eigenvalue weighted by atomic mass is 9.95. The maximum absolute atomic E-state index is 12.0. The molecule has 3 heterocycles. The maximum atomic E-state index is 12.0. The van der Waals surface area contributed by atoms with Crippen LogP contribution in [0.4, 0.5) is 0 Å². The number of carbonyl (C=O) groups excluding carboxylic acids is 1. The van der Waals surface area contributed by atoms with Gasteiger partial charge in [-0.3, -0.25) is 14.6 Å². The predicted octanol–water partition coefficient (Wildman–Crippen LogP) is 0.416. The quantitative estimate of drug-likeness (QED) is 0.332. The van der Waals surface area contributed by atoms with Gasteiger partial charge in [-0.1, -0.05) is 6.42 Å². The number of nitrogens with zero attached hydrogens (tertiary/aromatic N) is 4. The van der Waals surface area contributed by atoms with Crippen LogP contribution in [0, 0.1) is 11.8 Å². The summed E-state index contributed by atoms with van der Waals surface area (Å²) in [5.74, 6) is 2.56. The fourth-order valence-corrected chi connectivity index (χ4v) is 5.17. The van der Waals surface area contributed by atoms with Gasteiger partial charge in [-0.2, -0.15) is 0 Å². The summed E-state index contributed by atoms with van der Waals surface area (Å²) in [6.07, 6.45) is 5.37. The van der Waals surface area contributed by atoms with E-state index in [2.05, 4.69) is 25.4 Å². The molecule has 0 radical (unpaired) electrons. The summed E-state index contributed by atoms with van der Waals surface area (Å²) in [6, 6.07) is 1.08. The molecule has 4 unspecified atom stereocenters. The molecule has 0 spiro atoms. The highest BCUT2D eigenvalue weighted by Gasteiger charge is 2.40. The third-order valence-electron chi connectivity index (χ3n) is 6.83. The maximum Gasteiger partial charge on any atom is 0.243 e. The van der Waals surface area contributed by atoms with E-state index in [-0.39, 0.29) is 36.4 Å². The van der Waals surface area contributed by atoms with Gasteiger partial charge in [0.15, 0.2) is 5.96 Å². The second kappa shape index (κ2) is 9.26. The van der Waals surface area contributed by atoms with Crippen molar-refractivity contribution >= 4 is 35.8 Å². The molecule has 27 heavy (non-hydrogen) atoms. The minimum Gasteiger partial charge on any atom is -0.355 e. The van der Waals surface area contributed by atoms with Crippen molar-refractivity contribution in [3.63, 3.8) is 0 Å². The minimum atomic E-state index is 0. The normalized spacial score (nSPS) is 37.0. The van der Waals surface area contributed by atoms with Gasteiger partial charge < -0.3 is 15.5 Å². The van der Waals surface area contributed by atoms with Crippen LogP contribution < -0.4 is 10.6 Å². The van der Waals surface area contributed by atoms with Crippen LogP contribution in [0.15, 0.2) is 4.99 Å². The SMILES string of the molecule is CN(C)C(=O)CN=C(NCC1CN2CCN1CC2)NC1CC2CCC1C2.I. The Morgan fingerprint density at radius 2 is 1.93 bits per heavy atom. The molecule has 5 rings (SSSR count). The first-order valence-corrected chi connectivity index (χ1v) is 10.3. The Morgan fingerprint density at radius 1 is 1.15 bits per heavy atom. The van der Waals surface area contributed by atoms with Crippen LogP contribution in [0.5, 0.6) is 0 Å². The molecule has 0 aromatic carbocycles. The lowest BCUT2D eigenvalue weighted by Gasteiger charge is -2.47. The molecule has 7 nitrogen and oxygen atoms in total. The Morgan fingerprint density at radius 3 is 2.48 bits per heavy atom.